The van der Waals surface area contributed by atoms with Gasteiger partial charge in [0.2, 0.25) is 0 Å². The second-order valence-electron chi connectivity index (χ2n) is 5.07. The van der Waals surface area contributed by atoms with Gasteiger partial charge in [0.15, 0.2) is 5.69 Å². The summed E-state index contributed by atoms with van der Waals surface area (Å²) in [5, 5.41) is 13.9. The molecule has 0 aliphatic heterocycles. The highest BCUT2D eigenvalue weighted by atomic mass is 16.5. The summed E-state index contributed by atoms with van der Waals surface area (Å²) in [6, 6.07) is 13.8. The van der Waals surface area contributed by atoms with Crippen molar-refractivity contribution >= 4 is 11.7 Å². The Kier molecular flexibility index (Phi) is 7.00. The number of carbonyl (C=O) groups excluding carboxylic acids is 1. The molecule has 0 radical (unpaired) electrons. The summed E-state index contributed by atoms with van der Waals surface area (Å²) in [5.74, 6) is 0.427. The van der Waals surface area contributed by atoms with E-state index in [2.05, 4.69) is 33.0 Å². The molecule has 0 saturated carbocycles. The van der Waals surface area contributed by atoms with Gasteiger partial charge in [-0.2, -0.15) is 0 Å². The van der Waals surface area contributed by atoms with Gasteiger partial charge in [-0.05, 0) is 30.5 Å². The quantitative estimate of drug-likeness (QED) is 0.691. The number of hydrogen-bond acceptors (Lipinski definition) is 5. The lowest BCUT2D eigenvalue weighted by atomic mass is 10.1. The molecule has 1 amide bonds. The summed E-state index contributed by atoms with van der Waals surface area (Å²) in [5.41, 5.74) is 1.62. The van der Waals surface area contributed by atoms with Crippen LogP contribution in [0.25, 0.3) is 0 Å². The Hall–Kier alpha value is -2.47. The lowest BCUT2D eigenvalue weighted by Gasteiger charge is -2.06. The van der Waals surface area contributed by atoms with Gasteiger partial charge in [-0.15, -0.1) is 10.2 Å². The maximum absolute atomic E-state index is 11.8. The molecule has 0 bridgehead atoms. The van der Waals surface area contributed by atoms with Crippen molar-refractivity contribution in [1.29, 1.82) is 0 Å². The molecule has 0 unspecified atom stereocenters. The van der Waals surface area contributed by atoms with E-state index in [1.54, 1.807) is 19.2 Å². The molecule has 0 atom stereocenters. The van der Waals surface area contributed by atoms with Gasteiger partial charge in [0.25, 0.3) is 5.91 Å². The predicted octanol–water partition coefficient (Wildman–Crippen LogP) is 1.90. The number of nitrogens with zero attached hydrogens (tertiary/aromatic N) is 2. The first-order valence-electron chi connectivity index (χ1n) is 7.68. The van der Waals surface area contributed by atoms with E-state index in [0.717, 1.165) is 19.4 Å². The van der Waals surface area contributed by atoms with E-state index < -0.39 is 0 Å². The van der Waals surface area contributed by atoms with Crippen LogP contribution in [0.3, 0.4) is 0 Å². The van der Waals surface area contributed by atoms with Gasteiger partial charge >= 0.3 is 0 Å². The first kappa shape index (κ1) is 16.9. The van der Waals surface area contributed by atoms with Gasteiger partial charge in [-0.1, -0.05) is 30.3 Å². The zero-order chi connectivity index (χ0) is 16.3. The Balaban J connectivity index is 1.71. The maximum Gasteiger partial charge on any atom is 0.271 e. The largest absolute Gasteiger partial charge is 0.383 e. The molecule has 0 aliphatic rings. The van der Waals surface area contributed by atoms with Crippen LogP contribution in [0.5, 0.6) is 0 Å². The third-order valence-corrected chi connectivity index (χ3v) is 3.28. The Bertz CT molecular complexity index is 587. The molecule has 0 fully saturated rings. The van der Waals surface area contributed by atoms with E-state index in [1.165, 1.54) is 5.56 Å². The van der Waals surface area contributed by atoms with Gasteiger partial charge < -0.3 is 15.4 Å². The number of amides is 1. The summed E-state index contributed by atoms with van der Waals surface area (Å²) in [7, 11) is 1.59. The Morgan fingerprint density at radius 3 is 2.61 bits per heavy atom. The normalized spacial score (nSPS) is 10.3. The Morgan fingerprint density at radius 2 is 1.91 bits per heavy atom. The van der Waals surface area contributed by atoms with E-state index in [0.29, 0.717) is 24.7 Å². The fourth-order valence-electron chi connectivity index (χ4n) is 2.06. The van der Waals surface area contributed by atoms with Crippen LogP contribution in [0, 0.1) is 0 Å². The number of aromatic nitrogens is 2. The average molecular weight is 314 g/mol. The lowest BCUT2D eigenvalue weighted by Crippen LogP contribution is -2.28. The first-order valence-corrected chi connectivity index (χ1v) is 7.68. The monoisotopic (exact) mass is 314 g/mol. The maximum atomic E-state index is 11.8. The van der Waals surface area contributed by atoms with E-state index in [9.17, 15) is 4.79 Å². The molecular weight excluding hydrogens is 292 g/mol. The Morgan fingerprint density at radius 1 is 1.09 bits per heavy atom. The number of benzene rings is 1. The summed E-state index contributed by atoms with van der Waals surface area (Å²) in [4.78, 5) is 11.8. The van der Waals surface area contributed by atoms with E-state index in [4.69, 9.17) is 4.74 Å². The third-order valence-electron chi connectivity index (χ3n) is 3.28. The van der Waals surface area contributed by atoms with Gasteiger partial charge in [-0.3, -0.25) is 4.79 Å². The lowest BCUT2D eigenvalue weighted by molar-refractivity contribution is 0.0931. The number of aryl methyl sites for hydroxylation is 1. The number of ether oxygens (including phenoxy) is 1. The average Bonchev–Trinajstić information content (AvgIpc) is 2.60. The fourth-order valence-corrected chi connectivity index (χ4v) is 2.06. The van der Waals surface area contributed by atoms with Crippen molar-refractivity contribution in [3.05, 3.63) is 53.7 Å². The molecule has 2 rings (SSSR count). The molecule has 122 valence electrons. The zero-order valence-electron chi connectivity index (χ0n) is 13.3. The third kappa shape index (κ3) is 6.04. The second kappa shape index (κ2) is 9.53. The van der Waals surface area contributed by atoms with Gasteiger partial charge in [0, 0.05) is 20.2 Å². The number of nitrogens with one attached hydrogen (secondary N) is 2. The molecule has 1 aromatic heterocycles. The summed E-state index contributed by atoms with van der Waals surface area (Å²) in [6.45, 7) is 1.74. The van der Waals surface area contributed by atoms with Gasteiger partial charge in [-0.25, -0.2) is 0 Å². The van der Waals surface area contributed by atoms with Crippen LogP contribution in [0.4, 0.5) is 5.82 Å². The number of hydrogen-bond donors (Lipinski definition) is 2. The van der Waals surface area contributed by atoms with Gasteiger partial charge in [0.1, 0.15) is 5.82 Å². The molecule has 0 aliphatic carbocycles. The van der Waals surface area contributed by atoms with E-state index >= 15 is 0 Å². The van der Waals surface area contributed by atoms with Crippen molar-refractivity contribution in [2.75, 3.05) is 32.1 Å². The van der Waals surface area contributed by atoms with Crippen LogP contribution in [-0.2, 0) is 11.2 Å². The van der Waals surface area contributed by atoms with Crippen molar-refractivity contribution in [3.8, 4) is 0 Å². The smallest absolute Gasteiger partial charge is 0.271 e. The molecule has 2 aromatic rings. The Labute approximate surface area is 136 Å². The topological polar surface area (TPSA) is 76.1 Å². The minimum Gasteiger partial charge on any atom is -0.383 e. The minimum absolute atomic E-state index is 0.245. The molecule has 0 saturated heterocycles. The van der Waals surface area contributed by atoms with Crippen molar-refractivity contribution in [1.82, 2.24) is 15.5 Å². The highest BCUT2D eigenvalue weighted by molar-refractivity contribution is 5.92. The molecule has 1 aromatic carbocycles. The van der Waals surface area contributed by atoms with E-state index in [1.807, 2.05) is 18.2 Å². The highest BCUT2D eigenvalue weighted by Gasteiger charge is 2.07. The summed E-state index contributed by atoms with van der Waals surface area (Å²) < 4.78 is 4.87. The molecular formula is C17H22N4O2. The zero-order valence-corrected chi connectivity index (χ0v) is 13.3. The van der Waals surface area contributed by atoms with Crippen LogP contribution >= 0.6 is 0 Å². The molecule has 2 N–H and O–H groups in total. The van der Waals surface area contributed by atoms with Crippen molar-refractivity contribution in [2.24, 2.45) is 0 Å². The van der Waals surface area contributed by atoms with Crippen LogP contribution in [0.2, 0.25) is 0 Å². The van der Waals surface area contributed by atoms with Crippen LogP contribution < -0.4 is 10.6 Å². The molecule has 6 heteroatoms. The fraction of sp³-hybridized carbons (Fsp3) is 0.353. The van der Waals surface area contributed by atoms with Gasteiger partial charge in [0.05, 0.1) is 6.61 Å². The summed E-state index contributed by atoms with van der Waals surface area (Å²) in [6.07, 6.45) is 2.02. The van der Waals surface area contributed by atoms with Crippen LogP contribution in [0.1, 0.15) is 22.5 Å². The minimum atomic E-state index is -0.245. The van der Waals surface area contributed by atoms with E-state index in [-0.39, 0.29) is 5.91 Å². The SMILES string of the molecule is COCCNC(=O)c1ccc(NCCCc2ccccc2)nn1. The van der Waals surface area contributed by atoms with Crippen molar-refractivity contribution in [2.45, 2.75) is 12.8 Å². The number of rotatable bonds is 9. The standard InChI is InChI=1S/C17H22N4O2/c1-23-13-12-19-17(22)15-9-10-16(21-20-15)18-11-5-8-14-6-3-2-4-7-14/h2-4,6-7,9-10H,5,8,11-13H2,1H3,(H,18,21)(H,19,22). The summed E-state index contributed by atoms with van der Waals surface area (Å²) >= 11 is 0. The predicted molar refractivity (Wildman–Crippen MR) is 89.5 cm³/mol. The molecule has 1 heterocycles. The van der Waals surface area contributed by atoms with Crippen LogP contribution in [-0.4, -0.2) is 42.9 Å². The molecule has 6 nitrogen and oxygen atoms in total. The van der Waals surface area contributed by atoms with Crippen molar-refractivity contribution in [3.63, 3.8) is 0 Å². The molecule has 23 heavy (non-hydrogen) atoms. The first-order chi connectivity index (χ1) is 11.3. The number of anilines is 1. The number of carbonyl (C=O) groups is 1. The molecule has 0 spiro atoms. The second-order valence-corrected chi connectivity index (χ2v) is 5.07. The highest BCUT2D eigenvalue weighted by Crippen LogP contribution is 2.05. The number of methoxy groups -OCH3 is 1. The van der Waals surface area contributed by atoms with Crippen LogP contribution in [0.15, 0.2) is 42.5 Å². The van der Waals surface area contributed by atoms with Crippen molar-refractivity contribution < 1.29 is 9.53 Å².